The molecule has 0 spiro atoms. The summed E-state index contributed by atoms with van der Waals surface area (Å²) in [6, 6.07) is 3.93. The third-order valence-electron chi connectivity index (χ3n) is 5.30. The average molecular weight is 508 g/mol. The van der Waals surface area contributed by atoms with E-state index in [9.17, 15) is 31.0 Å². The third-order valence-corrected chi connectivity index (χ3v) is 6.06. The third kappa shape index (κ3) is 6.63. The summed E-state index contributed by atoms with van der Waals surface area (Å²) in [5.74, 6) is -2.63. The molecule has 6 nitrogen and oxygen atoms in total. The van der Waals surface area contributed by atoms with Gasteiger partial charge in [-0.05, 0) is 36.1 Å². The summed E-state index contributed by atoms with van der Waals surface area (Å²) in [5, 5.41) is 1.77. The Morgan fingerprint density at radius 1 is 1.18 bits per heavy atom. The number of hydrogen-bond acceptors (Lipinski definition) is 3. The lowest BCUT2D eigenvalue weighted by Crippen LogP contribution is -2.51. The Kier molecular flexibility index (Phi) is 7.46. The molecule has 13 heteroatoms. The number of halogens is 6. The number of benzene rings is 2. The molecule has 1 aliphatic rings. The van der Waals surface area contributed by atoms with Gasteiger partial charge in [0.2, 0.25) is 0 Å². The van der Waals surface area contributed by atoms with E-state index < -0.39 is 58.2 Å². The number of nitrogens with one attached hydrogen (secondary N) is 3. The number of rotatable bonds is 6. The van der Waals surface area contributed by atoms with E-state index in [-0.39, 0.29) is 36.1 Å². The Morgan fingerprint density at radius 2 is 1.82 bits per heavy atom. The molecule has 186 valence electrons. The minimum absolute atomic E-state index is 0.0159. The molecule has 1 heterocycles. The highest BCUT2D eigenvalue weighted by molar-refractivity contribution is 7.89. The number of carbonyl (C=O) groups excluding carboxylic acids is 1. The lowest BCUT2D eigenvalue weighted by Gasteiger charge is -2.29. The van der Waals surface area contributed by atoms with E-state index in [0.717, 1.165) is 23.3 Å². The van der Waals surface area contributed by atoms with E-state index in [4.69, 9.17) is 4.78 Å². The van der Waals surface area contributed by atoms with Crippen molar-refractivity contribution in [3.8, 4) is 11.1 Å². The van der Waals surface area contributed by atoms with Crippen LogP contribution in [0.1, 0.15) is 12.0 Å². The standard InChI is InChI=1S/C21H22F6N4O2S/c1-34(28,33)30-17-5-6-31(20(32)29-11-21(25,26)27)18(17)9-12-3-2-4-16(19(12)24)13-7-14(22)10-15(23)8-13/h2-4,7-8,10,17-18H,5-6,9,11H2,1H3,(H,29,32)(H2,28,30,33)/t17-,18-,34?/m0/s1. The highest BCUT2D eigenvalue weighted by atomic mass is 32.2. The average Bonchev–Trinajstić information content (AvgIpc) is 3.07. The van der Waals surface area contributed by atoms with Gasteiger partial charge < -0.3 is 10.2 Å². The maximum absolute atomic E-state index is 15.3. The van der Waals surface area contributed by atoms with Crippen molar-refractivity contribution in [2.24, 2.45) is 0 Å². The summed E-state index contributed by atoms with van der Waals surface area (Å²) in [5.41, 5.74) is -0.131. The fraction of sp³-hybridized carbons (Fsp3) is 0.381. The lowest BCUT2D eigenvalue weighted by molar-refractivity contribution is -0.123. The first kappa shape index (κ1) is 25.8. The number of urea groups is 1. The van der Waals surface area contributed by atoms with Gasteiger partial charge >= 0.3 is 12.2 Å². The molecule has 0 saturated carbocycles. The van der Waals surface area contributed by atoms with Crippen molar-refractivity contribution in [2.45, 2.75) is 31.1 Å². The molecule has 34 heavy (non-hydrogen) atoms. The van der Waals surface area contributed by atoms with Crippen molar-refractivity contribution in [3.05, 3.63) is 59.4 Å². The zero-order valence-corrected chi connectivity index (χ0v) is 18.7. The molecule has 3 atom stereocenters. The minimum atomic E-state index is -4.64. The van der Waals surface area contributed by atoms with Gasteiger partial charge in [0.25, 0.3) is 0 Å². The summed E-state index contributed by atoms with van der Waals surface area (Å²) in [7, 11) is -3.25. The highest BCUT2D eigenvalue weighted by Crippen LogP contribution is 2.30. The van der Waals surface area contributed by atoms with Crippen LogP contribution in [0.25, 0.3) is 11.1 Å². The second-order valence-corrected chi connectivity index (χ2v) is 9.96. The molecule has 0 radical (unpaired) electrons. The van der Waals surface area contributed by atoms with Crippen LogP contribution in [0.15, 0.2) is 36.4 Å². The van der Waals surface area contributed by atoms with E-state index >= 15 is 4.39 Å². The normalized spacial score (nSPS) is 20.3. The smallest absolute Gasteiger partial charge is 0.329 e. The van der Waals surface area contributed by atoms with Crippen molar-refractivity contribution < 1.29 is 35.3 Å². The van der Waals surface area contributed by atoms with E-state index in [1.807, 2.05) is 0 Å². The molecule has 2 amide bonds. The van der Waals surface area contributed by atoms with Crippen molar-refractivity contribution in [1.82, 2.24) is 14.9 Å². The topological polar surface area (TPSA) is 85.3 Å². The summed E-state index contributed by atoms with van der Waals surface area (Å²) >= 11 is 0. The van der Waals surface area contributed by atoms with Gasteiger partial charge in [0.15, 0.2) is 0 Å². The first-order valence-electron chi connectivity index (χ1n) is 10.1. The Balaban J connectivity index is 1.92. The zero-order valence-electron chi connectivity index (χ0n) is 17.9. The maximum atomic E-state index is 15.3. The number of alkyl halides is 3. The molecule has 0 aromatic heterocycles. The molecule has 3 rings (SSSR count). The van der Waals surface area contributed by atoms with E-state index in [2.05, 4.69) is 4.72 Å². The van der Waals surface area contributed by atoms with Gasteiger partial charge in [0.05, 0.1) is 6.04 Å². The molecular formula is C21H22F6N4O2S. The van der Waals surface area contributed by atoms with Crippen molar-refractivity contribution >= 4 is 15.9 Å². The van der Waals surface area contributed by atoms with Crippen LogP contribution < -0.4 is 10.0 Å². The number of hydrogen-bond donors (Lipinski definition) is 3. The fourth-order valence-corrected chi connectivity index (χ4v) is 4.81. The second kappa shape index (κ2) is 9.82. The number of nitrogens with zero attached hydrogens (tertiary/aromatic N) is 1. The zero-order chi connectivity index (χ0) is 25.3. The van der Waals surface area contributed by atoms with Gasteiger partial charge in [-0.1, -0.05) is 18.2 Å². The quantitative estimate of drug-likeness (QED) is 0.511. The largest absolute Gasteiger partial charge is 0.405 e. The highest BCUT2D eigenvalue weighted by Gasteiger charge is 2.39. The Morgan fingerprint density at radius 3 is 2.41 bits per heavy atom. The number of carbonyl (C=O) groups is 1. The second-order valence-electron chi connectivity index (χ2n) is 8.03. The van der Waals surface area contributed by atoms with Crippen LogP contribution in [0.3, 0.4) is 0 Å². The van der Waals surface area contributed by atoms with Crippen LogP contribution in [0.4, 0.5) is 31.1 Å². The van der Waals surface area contributed by atoms with E-state index in [1.54, 1.807) is 5.32 Å². The number of likely N-dealkylation sites (tertiary alicyclic amines) is 1. The maximum Gasteiger partial charge on any atom is 0.405 e. The van der Waals surface area contributed by atoms with Gasteiger partial charge in [0.1, 0.15) is 33.9 Å². The minimum Gasteiger partial charge on any atom is -0.329 e. The summed E-state index contributed by atoms with van der Waals surface area (Å²) < 4.78 is 102. The van der Waals surface area contributed by atoms with Gasteiger partial charge in [0, 0.05) is 30.5 Å². The molecule has 1 saturated heterocycles. The van der Waals surface area contributed by atoms with E-state index in [0.29, 0.717) is 6.07 Å². The fourth-order valence-electron chi connectivity index (χ4n) is 3.96. The van der Waals surface area contributed by atoms with E-state index in [1.165, 1.54) is 18.2 Å². The summed E-state index contributed by atoms with van der Waals surface area (Å²) in [6.07, 6.45) is -3.56. The molecule has 2 aromatic carbocycles. The van der Waals surface area contributed by atoms with Gasteiger partial charge in [-0.25, -0.2) is 31.7 Å². The predicted molar refractivity (Wildman–Crippen MR) is 114 cm³/mol. The SMILES string of the molecule is CS(=N)(=O)N[C@H]1CCN(C(=O)NCC(F)(F)F)[C@H]1Cc1cccc(-c2cc(F)cc(F)c2)c1F. The van der Waals surface area contributed by atoms with Crippen LogP contribution in [-0.2, 0) is 16.3 Å². The first-order valence-corrected chi connectivity index (χ1v) is 12.1. The van der Waals surface area contributed by atoms with Crippen LogP contribution >= 0.6 is 0 Å². The van der Waals surface area contributed by atoms with Crippen molar-refractivity contribution in [3.63, 3.8) is 0 Å². The molecule has 1 fully saturated rings. The first-order chi connectivity index (χ1) is 15.7. The molecule has 0 aliphatic carbocycles. The monoisotopic (exact) mass is 508 g/mol. The molecular weight excluding hydrogens is 486 g/mol. The van der Waals surface area contributed by atoms with Crippen LogP contribution in [0, 0.1) is 22.2 Å². The lowest BCUT2D eigenvalue weighted by atomic mass is 9.96. The molecule has 1 unspecified atom stereocenters. The molecule has 2 aromatic rings. The van der Waals surface area contributed by atoms with Crippen LogP contribution in [0.5, 0.6) is 0 Å². The van der Waals surface area contributed by atoms with Crippen molar-refractivity contribution in [2.75, 3.05) is 19.3 Å². The number of amides is 2. The molecule has 1 aliphatic heterocycles. The van der Waals surface area contributed by atoms with Crippen molar-refractivity contribution in [1.29, 1.82) is 4.78 Å². The Bertz CT molecular complexity index is 1150. The molecule has 3 N–H and O–H groups in total. The van der Waals surface area contributed by atoms with Gasteiger partial charge in [-0.3, -0.25) is 0 Å². The van der Waals surface area contributed by atoms with Gasteiger partial charge in [-0.15, -0.1) is 0 Å². The Hall–Kier alpha value is -2.80. The van der Waals surface area contributed by atoms with Crippen LogP contribution in [0.2, 0.25) is 0 Å². The van der Waals surface area contributed by atoms with Gasteiger partial charge in [-0.2, -0.15) is 13.2 Å². The Labute approximate surface area is 192 Å². The predicted octanol–water partition coefficient (Wildman–Crippen LogP) is 4.21. The summed E-state index contributed by atoms with van der Waals surface area (Å²) in [6.45, 7) is -1.58. The summed E-state index contributed by atoms with van der Waals surface area (Å²) in [4.78, 5) is 13.5. The van der Waals surface area contributed by atoms with Crippen LogP contribution in [-0.4, -0.2) is 52.7 Å². The molecule has 0 bridgehead atoms.